The highest BCUT2D eigenvalue weighted by atomic mass is 16.5. The zero-order chi connectivity index (χ0) is 20.1. The Labute approximate surface area is 166 Å². The SMILES string of the molecule is CCc1ccc(C)c(OC(=O)[C@H](C)c2cccc(C(=O)c3ccccc3)c2)c1. The molecule has 0 saturated heterocycles. The minimum absolute atomic E-state index is 0.0606. The molecule has 0 unspecified atom stereocenters. The van der Waals surface area contributed by atoms with Gasteiger partial charge in [-0.25, -0.2) is 0 Å². The van der Waals surface area contributed by atoms with Crippen molar-refractivity contribution in [1.82, 2.24) is 0 Å². The number of rotatable bonds is 6. The Balaban J connectivity index is 1.80. The third kappa shape index (κ3) is 4.37. The van der Waals surface area contributed by atoms with Gasteiger partial charge in [0.2, 0.25) is 0 Å². The van der Waals surface area contributed by atoms with Crippen LogP contribution in [0.3, 0.4) is 0 Å². The van der Waals surface area contributed by atoms with E-state index >= 15 is 0 Å². The molecule has 0 fully saturated rings. The van der Waals surface area contributed by atoms with Crippen LogP contribution in [-0.2, 0) is 11.2 Å². The third-order valence-corrected chi connectivity index (χ3v) is 4.91. The fourth-order valence-corrected chi connectivity index (χ4v) is 3.01. The lowest BCUT2D eigenvalue weighted by Gasteiger charge is -2.14. The van der Waals surface area contributed by atoms with Crippen LogP contribution in [0.1, 0.15) is 52.4 Å². The monoisotopic (exact) mass is 372 g/mol. The summed E-state index contributed by atoms with van der Waals surface area (Å²) >= 11 is 0. The van der Waals surface area contributed by atoms with Gasteiger partial charge in [-0.05, 0) is 49.1 Å². The molecule has 0 radical (unpaired) electrons. The van der Waals surface area contributed by atoms with Gasteiger partial charge in [-0.1, -0.05) is 67.6 Å². The number of carbonyl (C=O) groups is 2. The molecule has 3 nitrogen and oxygen atoms in total. The van der Waals surface area contributed by atoms with Crippen molar-refractivity contribution in [2.24, 2.45) is 0 Å². The summed E-state index contributed by atoms with van der Waals surface area (Å²) in [5, 5.41) is 0. The van der Waals surface area contributed by atoms with E-state index in [9.17, 15) is 9.59 Å². The first-order valence-electron chi connectivity index (χ1n) is 9.50. The van der Waals surface area contributed by atoms with E-state index < -0.39 is 5.92 Å². The van der Waals surface area contributed by atoms with Crippen LogP contribution in [0.4, 0.5) is 0 Å². The van der Waals surface area contributed by atoms with Crippen LogP contribution in [0, 0.1) is 6.92 Å². The molecule has 3 aromatic rings. The molecular weight excluding hydrogens is 348 g/mol. The lowest BCUT2D eigenvalue weighted by atomic mass is 9.96. The maximum atomic E-state index is 12.7. The second-order valence-corrected chi connectivity index (χ2v) is 6.92. The Morgan fingerprint density at radius 3 is 2.32 bits per heavy atom. The maximum absolute atomic E-state index is 12.7. The average molecular weight is 372 g/mol. The van der Waals surface area contributed by atoms with Crippen LogP contribution in [0.15, 0.2) is 72.8 Å². The summed E-state index contributed by atoms with van der Waals surface area (Å²) < 4.78 is 5.66. The largest absolute Gasteiger partial charge is 0.426 e. The molecule has 3 aromatic carbocycles. The van der Waals surface area contributed by atoms with Gasteiger partial charge in [-0.2, -0.15) is 0 Å². The number of carbonyl (C=O) groups excluding carboxylic acids is 2. The van der Waals surface area contributed by atoms with Crippen molar-refractivity contribution >= 4 is 11.8 Å². The predicted molar refractivity (Wildman–Crippen MR) is 111 cm³/mol. The molecule has 3 rings (SSSR count). The van der Waals surface area contributed by atoms with Crippen molar-refractivity contribution in [2.45, 2.75) is 33.1 Å². The van der Waals surface area contributed by atoms with E-state index in [1.807, 2.05) is 49.4 Å². The maximum Gasteiger partial charge on any atom is 0.318 e. The summed E-state index contributed by atoms with van der Waals surface area (Å²) in [6.07, 6.45) is 0.879. The van der Waals surface area contributed by atoms with Gasteiger partial charge in [0.25, 0.3) is 0 Å². The van der Waals surface area contributed by atoms with E-state index in [-0.39, 0.29) is 11.8 Å². The molecule has 0 heterocycles. The number of ether oxygens (including phenoxy) is 1. The third-order valence-electron chi connectivity index (χ3n) is 4.91. The highest BCUT2D eigenvalue weighted by Crippen LogP contribution is 2.25. The summed E-state index contributed by atoms with van der Waals surface area (Å²) in [5.41, 5.74) is 3.99. The van der Waals surface area contributed by atoms with E-state index in [2.05, 4.69) is 6.92 Å². The Hall–Kier alpha value is -3.20. The van der Waals surface area contributed by atoms with Gasteiger partial charge < -0.3 is 4.74 Å². The normalized spacial score (nSPS) is 11.7. The van der Waals surface area contributed by atoms with Gasteiger partial charge in [0.15, 0.2) is 5.78 Å². The van der Waals surface area contributed by atoms with E-state index in [0.717, 1.165) is 23.1 Å². The Bertz CT molecular complexity index is 990. The molecule has 0 aliphatic rings. The lowest BCUT2D eigenvalue weighted by molar-refractivity contribution is -0.135. The van der Waals surface area contributed by atoms with E-state index in [4.69, 9.17) is 4.74 Å². The van der Waals surface area contributed by atoms with Crippen molar-refractivity contribution in [3.63, 3.8) is 0 Å². The van der Waals surface area contributed by atoms with Crippen LogP contribution in [0.2, 0.25) is 0 Å². The number of esters is 1. The summed E-state index contributed by atoms with van der Waals surface area (Å²) in [6.45, 7) is 5.79. The van der Waals surface area contributed by atoms with Gasteiger partial charge in [-0.15, -0.1) is 0 Å². The fourth-order valence-electron chi connectivity index (χ4n) is 3.01. The Morgan fingerprint density at radius 2 is 1.61 bits per heavy atom. The number of hydrogen-bond acceptors (Lipinski definition) is 3. The Kier molecular flexibility index (Phi) is 6.05. The van der Waals surface area contributed by atoms with E-state index in [1.165, 1.54) is 0 Å². The second kappa shape index (κ2) is 8.66. The molecule has 142 valence electrons. The first kappa shape index (κ1) is 19.6. The lowest BCUT2D eigenvalue weighted by Crippen LogP contribution is -2.17. The zero-order valence-corrected chi connectivity index (χ0v) is 16.4. The summed E-state index contributed by atoms with van der Waals surface area (Å²) in [4.78, 5) is 25.4. The molecule has 0 spiro atoms. The molecule has 3 heteroatoms. The highest BCUT2D eigenvalue weighted by Gasteiger charge is 2.20. The molecule has 0 N–H and O–H groups in total. The molecular formula is C25H24O3. The van der Waals surface area contributed by atoms with Crippen molar-refractivity contribution in [3.8, 4) is 5.75 Å². The van der Waals surface area contributed by atoms with Crippen LogP contribution in [0.25, 0.3) is 0 Å². The van der Waals surface area contributed by atoms with Crippen LogP contribution < -0.4 is 4.74 Å². The quantitative estimate of drug-likeness (QED) is 0.326. The zero-order valence-electron chi connectivity index (χ0n) is 16.4. The van der Waals surface area contributed by atoms with Crippen molar-refractivity contribution < 1.29 is 14.3 Å². The number of ketones is 1. The van der Waals surface area contributed by atoms with Crippen molar-refractivity contribution in [3.05, 3.63) is 101 Å². The van der Waals surface area contributed by atoms with Crippen molar-refractivity contribution in [2.75, 3.05) is 0 Å². The minimum atomic E-state index is -0.479. The molecule has 0 aliphatic heterocycles. The van der Waals surface area contributed by atoms with Crippen molar-refractivity contribution in [1.29, 1.82) is 0 Å². The van der Waals surface area contributed by atoms with Gasteiger partial charge >= 0.3 is 5.97 Å². The first-order chi connectivity index (χ1) is 13.5. The molecule has 1 atom stereocenters. The average Bonchev–Trinajstić information content (AvgIpc) is 2.74. The fraction of sp³-hybridized carbons (Fsp3) is 0.200. The standard InChI is InChI=1S/C25H24O3/c1-4-19-14-13-17(2)23(15-19)28-25(27)18(3)21-11-8-12-22(16-21)24(26)20-9-6-5-7-10-20/h5-16,18H,4H2,1-3H3/t18-/m1/s1. The topological polar surface area (TPSA) is 43.4 Å². The minimum Gasteiger partial charge on any atom is -0.426 e. The van der Waals surface area contributed by atoms with Gasteiger partial charge in [0, 0.05) is 11.1 Å². The van der Waals surface area contributed by atoms with Crippen LogP contribution in [-0.4, -0.2) is 11.8 Å². The molecule has 0 aliphatic carbocycles. The summed E-state index contributed by atoms with van der Waals surface area (Å²) in [5.74, 6) is -0.281. The summed E-state index contributed by atoms with van der Waals surface area (Å²) in [7, 11) is 0. The van der Waals surface area contributed by atoms with Gasteiger partial charge in [0.1, 0.15) is 5.75 Å². The Morgan fingerprint density at radius 1 is 0.893 bits per heavy atom. The molecule has 0 amide bonds. The predicted octanol–water partition coefficient (Wildman–Crippen LogP) is 5.50. The van der Waals surface area contributed by atoms with Gasteiger partial charge in [0.05, 0.1) is 5.92 Å². The molecule has 28 heavy (non-hydrogen) atoms. The summed E-state index contributed by atoms with van der Waals surface area (Å²) in [6, 6.07) is 22.2. The highest BCUT2D eigenvalue weighted by molar-refractivity contribution is 6.09. The molecule has 0 saturated carbocycles. The number of benzene rings is 3. The molecule has 0 bridgehead atoms. The van der Waals surface area contributed by atoms with E-state index in [0.29, 0.717) is 16.9 Å². The second-order valence-electron chi connectivity index (χ2n) is 6.92. The smallest absolute Gasteiger partial charge is 0.318 e. The first-order valence-corrected chi connectivity index (χ1v) is 9.50. The van der Waals surface area contributed by atoms with Crippen LogP contribution in [0.5, 0.6) is 5.75 Å². The van der Waals surface area contributed by atoms with Crippen LogP contribution >= 0.6 is 0 Å². The number of aryl methyl sites for hydroxylation is 2. The van der Waals surface area contributed by atoms with Gasteiger partial charge in [-0.3, -0.25) is 9.59 Å². The van der Waals surface area contributed by atoms with E-state index in [1.54, 1.807) is 37.3 Å². The number of hydrogen-bond donors (Lipinski definition) is 0. The molecule has 0 aromatic heterocycles.